The Balaban J connectivity index is 1.39. The van der Waals surface area contributed by atoms with E-state index in [1.165, 1.54) is 4.31 Å². The third kappa shape index (κ3) is 7.77. The fourth-order valence-corrected chi connectivity index (χ4v) is 7.05. The first-order chi connectivity index (χ1) is 20.3. The van der Waals surface area contributed by atoms with Gasteiger partial charge in [0.25, 0.3) is 0 Å². The van der Waals surface area contributed by atoms with Crippen LogP contribution in [0.2, 0.25) is 0 Å². The first-order valence-corrected chi connectivity index (χ1v) is 16.1. The van der Waals surface area contributed by atoms with Gasteiger partial charge in [0.1, 0.15) is 6.61 Å². The molecule has 1 amide bonds. The summed E-state index contributed by atoms with van der Waals surface area (Å²) >= 11 is 0. The van der Waals surface area contributed by atoms with Gasteiger partial charge < -0.3 is 19.6 Å². The lowest BCUT2D eigenvalue weighted by Crippen LogP contribution is -2.49. The van der Waals surface area contributed by atoms with Crippen molar-refractivity contribution in [2.75, 3.05) is 46.4 Å². The zero-order valence-electron chi connectivity index (χ0n) is 24.6. The number of aliphatic hydroxyl groups is 1. The van der Waals surface area contributed by atoms with Crippen molar-refractivity contribution in [2.45, 2.75) is 49.1 Å². The molecule has 1 saturated heterocycles. The van der Waals surface area contributed by atoms with E-state index >= 15 is 0 Å². The average Bonchev–Trinajstić information content (AvgIpc) is 3.04. The molecule has 0 saturated carbocycles. The maximum Gasteiger partial charge on any atom is 0.410 e. The van der Waals surface area contributed by atoms with Crippen LogP contribution in [0, 0.1) is 0 Å². The number of nitrogens with zero attached hydrogens (tertiary/aromatic N) is 3. The molecule has 1 aliphatic rings. The number of sulfonamides is 1. The summed E-state index contributed by atoms with van der Waals surface area (Å²) in [5.74, 6) is 0. The third-order valence-electron chi connectivity index (χ3n) is 8.35. The number of carbonyl (C=O) groups is 1. The van der Waals surface area contributed by atoms with Crippen molar-refractivity contribution in [3.8, 4) is 0 Å². The second-order valence-electron chi connectivity index (χ2n) is 11.0. The molecule has 0 aromatic heterocycles. The molecule has 1 N–H and O–H groups in total. The highest BCUT2D eigenvalue weighted by Gasteiger charge is 2.37. The Morgan fingerprint density at radius 1 is 0.952 bits per heavy atom. The molecular formula is C33H43N3O5S. The van der Waals surface area contributed by atoms with Crippen LogP contribution in [-0.4, -0.2) is 86.1 Å². The maximum atomic E-state index is 13.4. The molecule has 226 valence electrons. The predicted molar refractivity (Wildman–Crippen MR) is 165 cm³/mol. The minimum atomic E-state index is -3.72. The molecule has 0 spiro atoms. The van der Waals surface area contributed by atoms with Crippen LogP contribution >= 0.6 is 0 Å². The molecule has 3 aromatic carbocycles. The maximum absolute atomic E-state index is 13.4. The summed E-state index contributed by atoms with van der Waals surface area (Å²) in [6.45, 7) is 5.10. The Morgan fingerprint density at radius 2 is 1.52 bits per heavy atom. The predicted octanol–water partition coefficient (Wildman–Crippen LogP) is 4.75. The van der Waals surface area contributed by atoms with E-state index in [-0.39, 0.29) is 36.8 Å². The van der Waals surface area contributed by atoms with E-state index in [4.69, 9.17) is 4.74 Å². The van der Waals surface area contributed by atoms with E-state index in [1.807, 2.05) is 72.5 Å². The number of benzene rings is 3. The molecule has 1 heterocycles. The second kappa shape index (κ2) is 14.8. The monoisotopic (exact) mass is 593 g/mol. The number of amides is 1. The van der Waals surface area contributed by atoms with Crippen LogP contribution in [0.4, 0.5) is 4.79 Å². The Hall–Kier alpha value is -3.24. The van der Waals surface area contributed by atoms with Crippen LogP contribution in [0.25, 0.3) is 0 Å². The molecule has 1 atom stereocenters. The molecule has 9 heteroatoms. The minimum Gasteiger partial charge on any atom is -0.445 e. The van der Waals surface area contributed by atoms with E-state index in [1.54, 1.807) is 37.4 Å². The Morgan fingerprint density at radius 3 is 2.10 bits per heavy atom. The lowest BCUT2D eigenvalue weighted by atomic mass is 9.77. The first-order valence-electron chi connectivity index (χ1n) is 14.7. The molecule has 1 unspecified atom stereocenters. The average molecular weight is 594 g/mol. The van der Waals surface area contributed by atoms with Crippen molar-refractivity contribution in [2.24, 2.45) is 0 Å². The summed E-state index contributed by atoms with van der Waals surface area (Å²) in [6, 6.07) is 27.9. The number of rotatable bonds is 13. The van der Waals surface area contributed by atoms with Crippen LogP contribution < -0.4 is 0 Å². The van der Waals surface area contributed by atoms with Crippen molar-refractivity contribution in [3.63, 3.8) is 0 Å². The molecule has 0 bridgehead atoms. The fraction of sp³-hybridized carbons (Fsp3) is 0.424. The quantitative estimate of drug-likeness (QED) is 0.308. The number of aliphatic hydroxyl groups excluding tert-OH is 1. The van der Waals surface area contributed by atoms with Crippen molar-refractivity contribution in [3.05, 3.63) is 102 Å². The van der Waals surface area contributed by atoms with Gasteiger partial charge in [-0.3, -0.25) is 0 Å². The molecule has 1 aliphatic heterocycles. The van der Waals surface area contributed by atoms with E-state index in [2.05, 4.69) is 4.90 Å². The zero-order chi connectivity index (χ0) is 30.0. The lowest BCUT2D eigenvalue weighted by Gasteiger charge is -2.40. The summed E-state index contributed by atoms with van der Waals surface area (Å²) in [5.41, 5.74) is 1.10. The summed E-state index contributed by atoms with van der Waals surface area (Å²) in [7, 11) is -2.14. The zero-order valence-corrected chi connectivity index (χ0v) is 25.5. The van der Waals surface area contributed by atoms with Crippen molar-refractivity contribution >= 4 is 16.1 Å². The van der Waals surface area contributed by atoms with Gasteiger partial charge in [-0.25, -0.2) is 13.2 Å². The molecule has 1 fully saturated rings. The normalized spacial score (nSPS) is 16.2. The summed E-state index contributed by atoms with van der Waals surface area (Å²) in [4.78, 5) is 17.3. The highest BCUT2D eigenvalue weighted by molar-refractivity contribution is 7.89. The van der Waals surface area contributed by atoms with Crippen LogP contribution in [0.3, 0.4) is 0 Å². The molecular weight excluding hydrogens is 550 g/mol. The van der Waals surface area contributed by atoms with Gasteiger partial charge in [0.05, 0.1) is 11.5 Å². The van der Waals surface area contributed by atoms with Crippen LogP contribution in [-0.2, 0) is 26.8 Å². The number of likely N-dealkylation sites (N-methyl/N-ethyl adjacent to an activating group) is 1. The number of ether oxygens (including phenoxy) is 1. The Bertz CT molecular complexity index is 1350. The van der Waals surface area contributed by atoms with E-state index < -0.39 is 15.4 Å². The van der Waals surface area contributed by atoms with Gasteiger partial charge in [-0.2, -0.15) is 4.31 Å². The van der Waals surface area contributed by atoms with Gasteiger partial charge >= 0.3 is 6.09 Å². The van der Waals surface area contributed by atoms with Crippen molar-refractivity contribution in [1.29, 1.82) is 0 Å². The van der Waals surface area contributed by atoms with Gasteiger partial charge in [-0.05, 0) is 56.0 Å². The summed E-state index contributed by atoms with van der Waals surface area (Å²) in [5, 5.41) is 10.8. The largest absolute Gasteiger partial charge is 0.445 e. The minimum absolute atomic E-state index is 0.105. The van der Waals surface area contributed by atoms with Crippen LogP contribution in [0.5, 0.6) is 0 Å². The highest BCUT2D eigenvalue weighted by Crippen LogP contribution is 2.32. The van der Waals surface area contributed by atoms with Crippen LogP contribution in [0.15, 0.2) is 95.9 Å². The molecule has 0 radical (unpaired) electrons. The highest BCUT2D eigenvalue weighted by atomic mass is 32.2. The number of piperidine rings is 1. The van der Waals surface area contributed by atoms with Gasteiger partial charge in [0.15, 0.2) is 0 Å². The number of hydrogen-bond donors (Lipinski definition) is 1. The van der Waals surface area contributed by atoms with Gasteiger partial charge in [-0.15, -0.1) is 0 Å². The molecule has 0 aliphatic carbocycles. The van der Waals surface area contributed by atoms with Crippen LogP contribution in [0.1, 0.15) is 37.3 Å². The van der Waals surface area contributed by atoms with E-state index in [9.17, 15) is 18.3 Å². The molecule has 4 rings (SSSR count). The van der Waals surface area contributed by atoms with E-state index in [0.717, 1.165) is 37.1 Å². The topological polar surface area (TPSA) is 90.4 Å². The lowest BCUT2D eigenvalue weighted by molar-refractivity contribution is 0.0601. The van der Waals surface area contributed by atoms with Gasteiger partial charge in [-0.1, -0.05) is 78.9 Å². The first kappa shape index (κ1) is 31.7. The second-order valence-corrected chi connectivity index (χ2v) is 13.1. The number of likely N-dealkylation sites (tertiary alicyclic amines) is 1. The fourth-order valence-electron chi connectivity index (χ4n) is 5.78. The Kier molecular flexibility index (Phi) is 11.2. The molecule has 42 heavy (non-hydrogen) atoms. The Labute approximate surface area is 250 Å². The number of hydrogen-bond acceptors (Lipinski definition) is 6. The smallest absolute Gasteiger partial charge is 0.410 e. The SMILES string of the molecule is CCN(C(=O)OCc1ccccc1)C1CCN(CCC(CO)(CN(C)S(=O)(=O)c2ccccc2)c2ccccc2)CC1. The number of carbonyl (C=O) groups excluding carboxylic acids is 1. The summed E-state index contributed by atoms with van der Waals surface area (Å²) in [6.07, 6.45) is 1.96. The van der Waals surface area contributed by atoms with E-state index in [0.29, 0.717) is 19.5 Å². The van der Waals surface area contributed by atoms with Gasteiger partial charge in [0, 0.05) is 44.7 Å². The summed E-state index contributed by atoms with van der Waals surface area (Å²) < 4.78 is 33.7. The van der Waals surface area contributed by atoms with Crippen molar-refractivity contribution in [1.82, 2.24) is 14.1 Å². The molecule has 8 nitrogen and oxygen atoms in total. The van der Waals surface area contributed by atoms with Crippen molar-refractivity contribution < 1.29 is 23.1 Å². The molecule has 3 aromatic rings. The third-order valence-corrected chi connectivity index (χ3v) is 10.2. The standard InChI is InChI=1S/C33H43N3O5S/c1-3-36(32(38)41-25-28-13-7-4-8-14-28)30-19-22-35(23-20-30)24-21-33(27-37,29-15-9-5-10-16-29)26-34(2)42(39,40)31-17-11-6-12-18-31/h4-18,30,37H,3,19-27H2,1-2H3. The van der Waals surface area contributed by atoms with Gasteiger partial charge in [0.2, 0.25) is 10.0 Å².